The molecule has 2 aliphatic rings. The number of benzene rings is 2. The highest BCUT2D eigenvalue weighted by molar-refractivity contribution is 6.80. The van der Waals surface area contributed by atoms with Crippen LogP contribution in [0.5, 0.6) is 0 Å². The van der Waals surface area contributed by atoms with Crippen LogP contribution in [-0.4, -0.2) is 13.9 Å². The van der Waals surface area contributed by atoms with Crippen LogP contribution in [0.15, 0.2) is 47.5 Å². The zero-order chi connectivity index (χ0) is 17.3. The van der Waals surface area contributed by atoms with Crippen LogP contribution in [0.1, 0.15) is 42.6 Å². The normalized spacial score (nSPS) is 26.7. The molecule has 0 saturated carbocycles. The van der Waals surface area contributed by atoms with E-state index < -0.39 is 8.07 Å². The maximum absolute atomic E-state index is 13.4. The van der Waals surface area contributed by atoms with E-state index in [0.717, 1.165) is 18.4 Å². The molecule has 2 aromatic carbocycles. The lowest BCUT2D eigenvalue weighted by Gasteiger charge is -2.48. The van der Waals surface area contributed by atoms with Crippen molar-refractivity contribution in [3.05, 3.63) is 58.7 Å². The van der Waals surface area contributed by atoms with E-state index in [1.165, 1.54) is 27.5 Å². The molecule has 124 valence electrons. The van der Waals surface area contributed by atoms with Gasteiger partial charge in [0.05, 0.1) is 8.07 Å². The summed E-state index contributed by atoms with van der Waals surface area (Å²) in [6.07, 6.45) is 2.01. The number of rotatable bonds is 1. The Balaban J connectivity index is 2.07. The molecule has 0 N–H and O–H groups in total. The first-order valence-corrected chi connectivity index (χ1v) is 12.5. The van der Waals surface area contributed by atoms with Crippen molar-refractivity contribution < 1.29 is 4.79 Å². The first-order chi connectivity index (χ1) is 11.3. The van der Waals surface area contributed by atoms with E-state index in [0.29, 0.717) is 5.78 Å². The highest BCUT2D eigenvalue weighted by atomic mass is 28.3. The Kier molecular flexibility index (Phi) is 3.24. The van der Waals surface area contributed by atoms with Crippen molar-refractivity contribution in [3.8, 4) is 0 Å². The van der Waals surface area contributed by atoms with Gasteiger partial charge in [0.2, 0.25) is 0 Å². The van der Waals surface area contributed by atoms with Crippen LogP contribution in [0.3, 0.4) is 0 Å². The lowest BCUT2D eigenvalue weighted by atomic mass is 9.75. The number of hydrogen-bond acceptors (Lipinski definition) is 1. The Hall–Kier alpha value is -1.67. The van der Waals surface area contributed by atoms with E-state index in [1.54, 1.807) is 0 Å². The number of carbonyl (C=O) groups is 1. The summed E-state index contributed by atoms with van der Waals surface area (Å²) in [5.41, 5.74) is 5.29. The topological polar surface area (TPSA) is 17.1 Å². The predicted octanol–water partition coefficient (Wildman–Crippen LogP) is 5.90. The molecule has 0 saturated heterocycles. The molecule has 2 heteroatoms. The molecule has 0 amide bonds. The van der Waals surface area contributed by atoms with Gasteiger partial charge in [-0.15, -0.1) is 0 Å². The van der Waals surface area contributed by atoms with Gasteiger partial charge >= 0.3 is 0 Å². The minimum atomic E-state index is -1.61. The van der Waals surface area contributed by atoms with Gasteiger partial charge in [0, 0.05) is 16.5 Å². The van der Waals surface area contributed by atoms with Gasteiger partial charge in [0.1, 0.15) is 0 Å². The highest BCUT2D eigenvalue weighted by Gasteiger charge is 2.59. The molecule has 0 spiro atoms. The van der Waals surface area contributed by atoms with Gasteiger partial charge in [0.15, 0.2) is 5.78 Å². The molecule has 0 aliphatic heterocycles. The van der Waals surface area contributed by atoms with Crippen molar-refractivity contribution in [1.82, 2.24) is 0 Å². The summed E-state index contributed by atoms with van der Waals surface area (Å²) < 4.78 is 0. The largest absolute Gasteiger partial charge is 0.294 e. The number of carbonyl (C=O) groups excluding carboxylic acids is 1. The minimum absolute atomic E-state index is 0.0625. The van der Waals surface area contributed by atoms with Crippen LogP contribution in [0.25, 0.3) is 10.8 Å². The van der Waals surface area contributed by atoms with Crippen LogP contribution in [0.4, 0.5) is 0 Å². The van der Waals surface area contributed by atoms with E-state index in [4.69, 9.17) is 0 Å². The Morgan fingerprint density at radius 3 is 2.25 bits per heavy atom. The molecule has 0 unspecified atom stereocenters. The second-order valence-electron chi connectivity index (χ2n) is 8.82. The van der Waals surface area contributed by atoms with Crippen LogP contribution in [0.2, 0.25) is 19.6 Å². The van der Waals surface area contributed by atoms with Crippen molar-refractivity contribution in [3.63, 3.8) is 0 Å². The zero-order valence-electron chi connectivity index (χ0n) is 15.4. The molecule has 4 rings (SSSR count). The minimum Gasteiger partial charge on any atom is -0.294 e. The third-order valence-electron chi connectivity index (χ3n) is 6.66. The monoisotopic (exact) mass is 334 g/mol. The molecular formula is C22H26OSi. The molecular weight excluding hydrogens is 308 g/mol. The number of Topliss-reactive ketones (excluding diaryl/α,β-unsaturated/α-hetero) is 1. The fourth-order valence-electron chi connectivity index (χ4n) is 5.14. The van der Waals surface area contributed by atoms with E-state index in [2.05, 4.69) is 69.9 Å². The van der Waals surface area contributed by atoms with Crippen LogP contribution < -0.4 is 0 Å². The van der Waals surface area contributed by atoms with Crippen molar-refractivity contribution in [2.45, 2.75) is 51.4 Å². The second-order valence-corrected chi connectivity index (χ2v) is 14.2. The number of hydrogen-bond donors (Lipinski definition) is 0. The Labute approximate surface area is 145 Å². The second kappa shape index (κ2) is 4.92. The highest BCUT2D eigenvalue weighted by Crippen LogP contribution is 2.57. The molecule has 2 aliphatic carbocycles. The standard InChI is InChI=1S/C22H26OSi/c1-14-10-20-21(23)18-11-16-8-6-7-9-17(16)12-19(18)22(20,13-15(14)2)24(3,4)5/h6-9,11-12,20H,10,13H2,1-5H3/t20-,22-/m0/s1. The van der Waals surface area contributed by atoms with E-state index >= 15 is 0 Å². The van der Waals surface area contributed by atoms with Crippen molar-refractivity contribution in [2.24, 2.45) is 5.92 Å². The molecule has 0 aromatic heterocycles. The van der Waals surface area contributed by atoms with E-state index in [9.17, 15) is 4.79 Å². The molecule has 0 radical (unpaired) electrons. The molecule has 0 fully saturated rings. The van der Waals surface area contributed by atoms with Gasteiger partial charge in [-0.05, 0) is 49.1 Å². The van der Waals surface area contributed by atoms with Gasteiger partial charge in [0.25, 0.3) is 0 Å². The summed E-state index contributed by atoms with van der Waals surface area (Å²) in [6.45, 7) is 11.8. The summed E-state index contributed by atoms with van der Waals surface area (Å²) in [6, 6.07) is 13.0. The van der Waals surface area contributed by atoms with Gasteiger partial charge in [-0.2, -0.15) is 0 Å². The van der Waals surface area contributed by atoms with Crippen molar-refractivity contribution in [2.75, 3.05) is 0 Å². The average Bonchev–Trinajstić information content (AvgIpc) is 2.76. The summed E-state index contributed by atoms with van der Waals surface area (Å²) in [5, 5.41) is 2.52. The summed E-state index contributed by atoms with van der Waals surface area (Å²) in [4.78, 5) is 13.4. The summed E-state index contributed by atoms with van der Waals surface area (Å²) >= 11 is 0. The Morgan fingerprint density at radius 1 is 1.00 bits per heavy atom. The van der Waals surface area contributed by atoms with Crippen molar-refractivity contribution >= 4 is 24.6 Å². The number of ketones is 1. The van der Waals surface area contributed by atoms with Crippen LogP contribution >= 0.6 is 0 Å². The van der Waals surface area contributed by atoms with Crippen molar-refractivity contribution in [1.29, 1.82) is 0 Å². The van der Waals surface area contributed by atoms with Gasteiger partial charge in [-0.25, -0.2) is 0 Å². The quantitative estimate of drug-likeness (QED) is 0.469. The first kappa shape index (κ1) is 15.8. The number of allylic oxidation sites excluding steroid dienone is 2. The molecule has 0 bridgehead atoms. The summed E-state index contributed by atoms with van der Waals surface area (Å²) in [5.74, 6) is 0.546. The first-order valence-electron chi connectivity index (χ1n) is 8.98. The van der Waals surface area contributed by atoms with Gasteiger partial charge < -0.3 is 0 Å². The Bertz CT molecular complexity index is 900. The van der Waals surface area contributed by atoms with E-state index in [1.807, 2.05) is 0 Å². The molecule has 2 aromatic rings. The van der Waals surface area contributed by atoms with Crippen LogP contribution in [0, 0.1) is 5.92 Å². The smallest absolute Gasteiger partial charge is 0.167 e. The lowest BCUT2D eigenvalue weighted by Crippen LogP contribution is -2.55. The Morgan fingerprint density at radius 2 is 1.62 bits per heavy atom. The van der Waals surface area contributed by atoms with Gasteiger partial charge in [-0.3, -0.25) is 4.79 Å². The fourth-order valence-corrected chi connectivity index (χ4v) is 8.23. The maximum atomic E-state index is 13.4. The SMILES string of the molecule is CC1=C(C)C[C@]2([Si](C)(C)C)c3cc4ccccc4cc3C(=O)[C@@H]2C1. The van der Waals surface area contributed by atoms with Crippen LogP contribution in [-0.2, 0) is 5.04 Å². The number of fused-ring (bicyclic) bond motifs is 4. The van der Waals surface area contributed by atoms with E-state index in [-0.39, 0.29) is 11.0 Å². The van der Waals surface area contributed by atoms with Gasteiger partial charge in [-0.1, -0.05) is 61.1 Å². The fraction of sp³-hybridized carbons (Fsp3) is 0.409. The third kappa shape index (κ3) is 1.89. The average molecular weight is 335 g/mol. The molecule has 24 heavy (non-hydrogen) atoms. The maximum Gasteiger partial charge on any atom is 0.167 e. The third-order valence-corrected chi connectivity index (χ3v) is 10.1. The predicted molar refractivity (Wildman–Crippen MR) is 104 cm³/mol. The summed E-state index contributed by atoms with van der Waals surface area (Å²) in [7, 11) is -1.61. The lowest BCUT2D eigenvalue weighted by molar-refractivity contribution is 0.0902. The molecule has 1 nitrogen and oxygen atoms in total. The molecule has 0 heterocycles. The zero-order valence-corrected chi connectivity index (χ0v) is 16.4. The molecule has 2 atom stereocenters.